The number of hydrogen-bond donors (Lipinski definition) is 1. The Hall–Kier alpha value is -1.81. The van der Waals surface area contributed by atoms with Crippen molar-refractivity contribution in [3.8, 4) is 0 Å². The molecule has 1 atom stereocenters. The Kier molecular flexibility index (Phi) is 5.01. The molecule has 0 aliphatic carbocycles. The molecule has 0 bridgehead atoms. The fraction of sp³-hybridized carbons (Fsp3) is 0.526. The quantitative estimate of drug-likeness (QED) is 0.910. The van der Waals surface area contributed by atoms with Crippen LogP contribution in [0.4, 0.5) is 5.69 Å². The predicted molar refractivity (Wildman–Crippen MR) is 95.7 cm³/mol. The van der Waals surface area contributed by atoms with E-state index in [1.165, 1.54) is 17.3 Å². The maximum Gasteiger partial charge on any atom is 0.241 e. The van der Waals surface area contributed by atoms with Gasteiger partial charge in [-0.3, -0.25) is 9.69 Å². The Morgan fingerprint density at radius 2 is 2.13 bits per heavy atom. The lowest BCUT2D eigenvalue weighted by Gasteiger charge is -2.34. The monoisotopic (exact) mass is 313 g/mol. The summed E-state index contributed by atoms with van der Waals surface area (Å²) in [7, 11) is 0. The number of aromatic nitrogens is 1. The summed E-state index contributed by atoms with van der Waals surface area (Å²) in [6.45, 7) is 7.33. The summed E-state index contributed by atoms with van der Waals surface area (Å²) in [5.74, 6) is 0.146. The first kappa shape index (κ1) is 16.1. The van der Waals surface area contributed by atoms with Crippen LogP contribution >= 0.6 is 0 Å². The van der Waals surface area contributed by atoms with Gasteiger partial charge in [0.25, 0.3) is 0 Å². The number of fused-ring (bicyclic) bond motifs is 1. The molecule has 0 radical (unpaired) electrons. The minimum Gasteiger partial charge on any atom is -0.348 e. The van der Waals surface area contributed by atoms with Crippen LogP contribution in [0.25, 0.3) is 10.9 Å². The molecule has 23 heavy (non-hydrogen) atoms. The van der Waals surface area contributed by atoms with Gasteiger partial charge in [-0.15, -0.1) is 0 Å². The van der Waals surface area contributed by atoms with E-state index in [0.29, 0.717) is 0 Å². The number of benzene rings is 1. The molecule has 0 spiro atoms. The molecule has 4 heteroatoms. The van der Waals surface area contributed by atoms with Gasteiger partial charge in [-0.05, 0) is 63.5 Å². The third-order valence-electron chi connectivity index (χ3n) is 4.81. The molecule has 1 unspecified atom stereocenters. The molecule has 1 amide bonds. The van der Waals surface area contributed by atoms with E-state index in [0.717, 1.165) is 44.6 Å². The zero-order valence-electron chi connectivity index (χ0n) is 14.2. The Bertz CT molecular complexity index is 674. The van der Waals surface area contributed by atoms with Crippen molar-refractivity contribution in [1.29, 1.82) is 0 Å². The zero-order valence-corrected chi connectivity index (χ0v) is 14.2. The summed E-state index contributed by atoms with van der Waals surface area (Å²) in [6.07, 6.45) is 6.53. The van der Waals surface area contributed by atoms with Crippen molar-refractivity contribution in [2.75, 3.05) is 18.4 Å². The van der Waals surface area contributed by atoms with Gasteiger partial charge in [0.2, 0.25) is 5.91 Å². The third kappa shape index (κ3) is 3.42. The average molecular weight is 313 g/mol. The highest BCUT2D eigenvalue weighted by Crippen LogP contribution is 2.23. The van der Waals surface area contributed by atoms with Crippen molar-refractivity contribution < 1.29 is 4.79 Å². The van der Waals surface area contributed by atoms with Gasteiger partial charge < -0.3 is 9.88 Å². The number of nitrogens with zero attached hydrogens (tertiary/aromatic N) is 2. The van der Waals surface area contributed by atoms with Crippen LogP contribution in [0.1, 0.15) is 39.5 Å². The number of carbonyl (C=O) groups is 1. The van der Waals surface area contributed by atoms with E-state index in [9.17, 15) is 4.79 Å². The Morgan fingerprint density at radius 1 is 1.26 bits per heavy atom. The summed E-state index contributed by atoms with van der Waals surface area (Å²) < 4.78 is 2.21. The smallest absolute Gasteiger partial charge is 0.241 e. The molecule has 1 fully saturated rings. The minimum absolute atomic E-state index is 0.0274. The van der Waals surface area contributed by atoms with Crippen LogP contribution in [0.3, 0.4) is 0 Å². The van der Waals surface area contributed by atoms with Gasteiger partial charge in [0.15, 0.2) is 0 Å². The van der Waals surface area contributed by atoms with Crippen LogP contribution < -0.4 is 5.32 Å². The number of rotatable bonds is 5. The highest BCUT2D eigenvalue weighted by atomic mass is 16.2. The molecule has 1 aliphatic heterocycles. The van der Waals surface area contributed by atoms with Crippen molar-refractivity contribution in [1.82, 2.24) is 9.47 Å². The summed E-state index contributed by atoms with van der Waals surface area (Å²) in [4.78, 5) is 15.0. The van der Waals surface area contributed by atoms with E-state index in [1.54, 1.807) is 0 Å². The molecule has 1 aromatic heterocycles. The molecule has 1 saturated heterocycles. The fourth-order valence-corrected chi connectivity index (χ4v) is 3.62. The Morgan fingerprint density at radius 3 is 2.91 bits per heavy atom. The number of piperidine rings is 1. The highest BCUT2D eigenvalue weighted by Gasteiger charge is 2.27. The van der Waals surface area contributed by atoms with E-state index in [2.05, 4.69) is 53.0 Å². The number of aryl methyl sites for hydroxylation is 1. The van der Waals surface area contributed by atoms with Crippen LogP contribution in [0.2, 0.25) is 0 Å². The standard InChI is InChI=1S/C19H27N3O/c1-3-11-22-12-6-5-7-18(22)19(23)20-16-8-9-17-15(14-16)10-13-21(17)4-2/h8-10,13-14,18H,3-7,11-12H2,1-2H3,(H,20,23). The second-order valence-electron chi connectivity index (χ2n) is 6.41. The lowest BCUT2D eigenvalue weighted by Crippen LogP contribution is -2.47. The Labute approximate surface area is 138 Å². The number of likely N-dealkylation sites (tertiary alicyclic amines) is 1. The summed E-state index contributed by atoms with van der Waals surface area (Å²) in [6, 6.07) is 8.32. The third-order valence-corrected chi connectivity index (χ3v) is 4.81. The maximum atomic E-state index is 12.7. The first-order valence-electron chi connectivity index (χ1n) is 8.86. The summed E-state index contributed by atoms with van der Waals surface area (Å²) >= 11 is 0. The first-order chi connectivity index (χ1) is 11.2. The largest absolute Gasteiger partial charge is 0.348 e. The highest BCUT2D eigenvalue weighted by molar-refractivity contribution is 5.97. The SMILES string of the molecule is CCCN1CCCCC1C(=O)Nc1ccc2c(ccn2CC)c1. The molecule has 2 heterocycles. The minimum atomic E-state index is 0.0274. The number of anilines is 1. The molecule has 1 N–H and O–H groups in total. The van der Waals surface area contributed by atoms with E-state index < -0.39 is 0 Å². The van der Waals surface area contributed by atoms with Crippen molar-refractivity contribution in [3.05, 3.63) is 30.5 Å². The molecule has 3 rings (SSSR count). The van der Waals surface area contributed by atoms with Gasteiger partial charge in [-0.1, -0.05) is 13.3 Å². The average Bonchev–Trinajstić information content (AvgIpc) is 2.98. The Balaban J connectivity index is 1.73. The maximum absolute atomic E-state index is 12.7. The number of hydrogen-bond acceptors (Lipinski definition) is 2. The van der Waals surface area contributed by atoms with Gasteiger partial charge in [-0.2, -0.15) is 0 Å². The van der Waals surface area contributed by atoms with Crippen molar-refractivity contribution in [2.24, 2.45) is 0 Å². The number of nitrogens with one attached hydrogen (secondary N) is 1. The lowest BCUT2D eigenvalue weighted by atomic mass is 10.0. The topological polar surface area (TPSA) is 37.3 Å². The normalized spacial score (nSPS) is 19.1. The summed E-state index contributed by atoms with van der Waals surface area (Å²) in [5.41, 5.74) is 2.12. The van der Waals surface area contributed by atoms with E-state index in [1.807, 2.05) is 6.07 Å². The summed E-state index contributed by atoms with van der Waals surface area (Å²) in [5, 5.41) is 4.31. The molecule has 2 aromatic rings. The second kappa shape index (κ2) is 7.18. The van der Waals surface area contributed by atoms with E-state index in [-0.39, 0.29) is 11.9 Å². The van der Waals surface area contributed by atoms with Crippen LogP contribution in [0.5, 0.6) is 0 Å². The first-order valence-corrected chi connectivity index (χ1v) is 8.86. The van der Waals surface area contributed by atoms with Gasteiger partial charge in [-0.25, -0.2) is 0 Å². The number of carbonyl (C=O) groups excluding carboxylic acids is 1. The second-order valence-corrected chi connectivity index (χ2v) is 6.41. The van der Waals surface area contributed by atoms with Crippen LogP contribution in [0.15, 0.2) is 30.5 Å². The van der Waals surface area contributed by atoms with Gasteiger partial charge >= 0.3 is 0 Å². The van der Waals surface area contributed by atoms with Gasteiger partial charge in [0, 0.05) is 29.3 Å². The van der Waals surface area contributed by atoms with Crippen LogP contribution in [0, 0.1) is 0 Å². The molecular formula is C19H27N3O. The molecular weight excluding hydrogens is 286 g/mol. The van der Waals surface area contributed by atoms with Crippen molar-refractivity contribution in [2.45, 2.75) is 52.1 Å². The zero-order chi connectivity index (χ0) is 16.2. The molecule has 1 aromatic carbocycles. The molecule has 124 valence electrons. The molecule has 4 nitrogen and oxygen atoms in total. The van der Waals surface area contributed by atoms with Gasteiger partial charge in [0.1, 0.15) is 0 Å². The molecule has 0 saturated carbocycles. The lowest BCUT2D eigenvalue weighted by molar-refractivity contribution is -0.122. The van der Waals surface area contributed by atoms with E-state index >= 15 is 0 Å². The number of amides is 1. The van der Waals surface area contributed by atoms with Gasteiger partial charge in [0.05, 0.1) is 6.04 Å². The van der Waals surface area contributed by atoms with Crippen LogP contribution in [-0.4, -0.2) is 34.5 Å². The predicted octanol–water partition coefficient (Wildman–Crippen LogP) is 3.86. The fourth-order valence-electron chi connectivity index (χ4n) is 3.62. The molecule has 1 aliphatic rings. The van der Waals surface area contributed by atoms with Crippen LogP contribution in [-0.2, 0) is 11.3 Å². The van der Waals surface area contributed by atoms with E-state index in [4.69, 9.17) is 0 Å². The van der Waals surface area contributed by atoms with Crippen molar-refractivity contribution >= 4 is 22.5 Å². The van der Waals surface area contributed by atoms with Crippen molar-refractivity contribution in [3.63, 3.8) is 0 Å².